The lowest BCUT2D eigenvalue weighted by Gasteiger charge is -2.14. The Bertz CT molecular complexity index is 772. The Morgan fingerprint density at radius 1 is 1.17 bits per heavy atom. The predicted octanol–water partition coefficient (Wildman–Crippen LogP) is 3.00. The number of furan rings is 1. The fourth-order valence-electron chi connectivity index (χ4n) is 2.10. The van der Waals surface area contributed by atoms with Gasteiger partial charge in [-0.05, 0) is 17.7 Å². The highest BCUT2D eigenvalue weighted by Crippen LogP contribution is 2.18. The molecule has 0 aliphatic rings. The summed E-state index contributed by atoms with van der Waals surface area (Å²) in [4.78, 5) is 13.7. The van der Waals surface area contributed by atoms with Crippen molar-refractivity contribution in [2.24, 2.45) is 0 Å². The summed E-state index contributed by atoms with van der Waals surface area (Å²) < 4.78 is 10.8. The van der Waals surface area contributed by atoms with E-state index in [-0.39, 0.29) is 11.7 Å². The zero-order valence-electron chi connectivity index (χ0n) is 13.2. The van der Waals surface area contributed by atoms with Crippen LogP contribution in [0.1, 0.15) is 17.2 Å². The van der Waals surface area contributed by atoms with Crippen molar-refractivity contribution in [2.75, 3.05) is 12.8 Å². The Balaban J connectivity index is 1.49. The van der Waals surface area contributed by atoms with Crippen LogP contribution in [0.4, 0.5) is 0 Å². The Labute approximate surface area is 143 Å². The maximum absolute atomic E-state index is 12.1. The number of thioether (sulfide) groups is 1. The van der Waals surface area contributed by atoms with E-state index in [4.69, 9.17) is 8.83 Å². The maximum Gasteiger partial charge on any atom is 0.277 e. The SMILES string of the molecule is CN(Cc1ccco1)C(=O)CSc1nnc(Cc2ccccc2)o1. The van der Waals surface area contributed by atoms with Gasteiger partial charge in [0.15, 0.2) is 0 Å². The van der Waals surface area contributed by atoms with Crippen molar-refractivity contribution in [2.45, 2.75) is 18.2 Å². The molecule has 1 amide bonds. The van der Waals surface area contributed by atoms with Gasteiger partial charge in [0.2, 0.25) is 11.8 Å². The van der Waals surface area contributed by atoms with Crippen molar-refractivity contribution in [1.82, 2.24) is 15.1 Å². The first-order valence-electron chi connectivity index (χ1n) is 7.46. The lowest BCUT2D eigenvalue weighted by Crippen LogP contribution is -2.27. The van der Waals surface area contributed by atoms with E-state index >= 15 is 0 Å². The van der Waals surface area contributed by atoms with Gasteiger partial charge in [-0.1, -0.05) is 42.1 Å². The number of aromatic nitrogens is 2. The van der Waals surface area contributed by atoms with Crippen LogP contribution in [0.2, 0.25) is 0 Å². The minimum Gasteiger partial charge on any atom is -0.467 e. The van der Waals surface area contributed by atoms with Crippen molar-refractivity contribution in [3.8, 4) is 0 Å². The van der Waals surface area contributed by atoms with Crippen LogP contribution >= 0.6 is 11.8 Å². The molecule has 0 saturated heterocycles. The van der Waals surface area contributed by atoms with Gasteiger partial charge in [-0.3, -0.25) is 4.79 Å². The van der Waals surface area contributed by atoms with Gasteiger partial charge in [0.05, 0.1) is 25.0 Å². The highest BCUT2D eigenvalue weighted by molar-refractivity contribution is 7.99. The fraction of sp³-hybridized carbons (Fsp3) is 0.235. The van der Waals surface area contributed by atoms with E-state index in [0.29, 0.717) is 24.1 Å². The molecule has 24 heavy (non-hydrogen) atoms. The summed E-state index contributed by atoms with van der Waals surface area (Å²) >= 11 is 1.24. The van der Waals surface area contributed by atoms with Crippen molar-refractivity contribution in [3.63, 3.8) is 0 Å². The lowest BCUT2D eigenvalue weighted by atomic mass is 10.2. The highest BCUT2D eigenvalue weighted by Gasteiger charge is 2.14. The van der Waals surface area contributed by atoms with Crippen LogP contribution in [0.5, 0.6) is 0 Å². The second kappa shape index (κ2) is 7.83. The average molecular weight is 343 g/mol. The number of carbonyl (C=O) groups is 1. The summed E-state index contributed by atoms with van der Waals surface area (Å²) in [6.45, 7) is 0.440. The van der Waals surface area contributed by atoms with E-state index in [9.17, 15) is 4.79 Å². The van der Waals surface area contributed by atoms with Gasteiger partial charge >= 0.3 is 0 Å². The Hall–Kier alpha value is -2.54. The fourth-order valence-corrected chi connectivity index (χ4v) is 2.82. The van der Waals surface area contributed by atoms with Gasteiger partial charge < -0.3 is 13.7 Å². The molecule has 124 valence electrons. The summed E-state index contributed by atoms with van der Waals surface area (Å²) in [5, 5.41) is 8.40. The highest BCUT2D eigenvalue weighted by atomic mass is 32.2. The molecule has 1 aromatic carbocycles. The minimum atomic E-state index is -0.0285. The number of hydrogen-bond acceptors (Lipinski definition) is 6. The van der Waals surface area contributed by atoms with E-state index in [0.717, 1.165) is 11.3 Å². The first-order valence-corrected chi connectivity index (χ1v) is 8.45. The number of carbonyl (C=O) groups excluding carboxylic acids is 1. The van der Waals surface area contributed by atoms with Crippen LogP contribution in [-0.4, -0.2) is 33.8 Å². The second-order valence-electron chi connectivity index (χ2n) is 5.24. The number of amides is 1. The third-order valence-corrected chi connectivity index (χ3v) is 4.17. The van der Waals surface area contributed by atoms with Crippen molar-refractivity contribution in [3.05, 3.63) is 65.9 Å². The minimum absolute atomic E-state index is 0.0285. The summed E-state index contributed by atoms with van der Waals surface area (Å²) in [5.74, 6) is 1.50. The molecule has 3 rings (SSSR count). The van der Waals surface area contributed by atoms with Crippen LogP contribution in [0, 0.1) is 0 Å². The average Bonchev–Trinajstić information content (AvgIpc) is 3.25. The summed E-state index contributed by atoms with van der Waals surface area (Å²) in [5.41, 5.74) is 1.10. The number of rotatable bonds is 7. The molecule has 2 aromatic heterocycles. The molecule has 0 radical (unpaired) electrons. The van der Waals surface area contributed by atoms with Crippen molar-refractivity contribution in [1.29, 1.82) is 0 Å². The van der Waals surface area contributed by atoms with E-state index < -0.39 is 0 Å². The summed E-state index contributed by atoms with van der Waals surface area (Å²) in [7, 11) is 1.74. The monoisotopic (exact) mass is 343 g/mol. The summed E-state index contributed by atoms with van der Waals surface area (Å²) in [6, 6.07) is 13.5. The Morgan fingerprint density at radius 3 is 2.75 bits per heavy atom. The molecule has 0 saturated carbocycles. The second-order valence-corrected chi connectivity index (χ2v) is 6.17. The molecule has 0 atom stereocenters. The molecular formula is C17H17N3O3S. The molecule has 0 fully saturated rings. The smallest absolute Gasteiger partial charge is 0.277 e. The molecule has 0 N–H and O–H groups in total. The van der Waals surface area contributed by atoms with E-state index in [1.165, 1.54) is 11.8 Å². The van der Waals surface area contributed by atoms with Gasteiger partial charge in [0.1, 0.15) is 5.76 Å². The van der Waals surface area contributed by atoms with Gasteiger partial charge in [-0.15, -0.1) is 10.2 Å². The first kappa shape index (κ1) is 16.3. The molecule has 0 unspecified atom stereocenters. The van der Waals surface area contributed by atoms with E-state index in [1.807, 2.05) is 36.4 Å². The zero-order valence-corrected chi connectivity index (χ0v) is 14.0. The van der Waals surface area contributed by atoms with Crippen LogP contribution in [-0.2, 0) is 17.8 Å². The number of hydrogen-bond donors (Lipinski definition) is 0. The molecule has 0 spiro atoms. The Morgan fingerprint density at radius 2 is 2.00 bits per heavy atom. The van der Waals surface area contributed by atoms with Crippen LogP contribution in [0.15, 0.2) is 62.8 Å². The number of nitrogens with zero attached hydrogens (tertiary/aromatic N) is 3. The molecule has 3 aromatic rings. The third kappa shape index (κ3) is 4.48. The Kier molecular flexibility index (Phi) is 5.32. The molecule has 0 aliphatic carbocycles. The molecule has 7 heteroatoms. The van der Waals surface area contributed by atoms with Crippen LogP contribution < -0.4 is 0 Å². The quantitative estimate of drug-likeness (QED) is 0.614. The van der Waals surface area contributed by atoms with Crippen molar-refractivity contribution < 1.29 is 13.6 Å². The van der Waals surface area contributed by atoms with Crippen LogP contribution in [0.3, 0.4) is 0 Å². The summed E-state index contributed by atoms with van der Waals surface area (Å²) in [6.07, 6.45) is 2.18. The largest absolute Gasteiger partial charge is 0.467 e. The van der Waals surface area contributed by atoms with E-state index in [2.05, 4.69) is 10.2 Å². The van der Waals surface area contributed by atoms with Gasteiger partial charge in [-0.25, -0.2) is 0 Å². The normalized spacial score (nSPS) is 10.7. The van der Waals surface area contributed by atoms with Gasteiger partial charge in [0, 0.05) is 7.05 Å². The third-order valence-electron chi connectivity index (χ3n) is 3.36. The molecule has 0 bridgehead atoms. The van der Waals surface area contributed by atoms with E-state index in [1.54, 1.807) is 24.3 Å². The molecule has 2 heterocycles. The predicted molar refractivity (Wildman–Crippen MR) is 89.5 cm³/mol. The van der Waals surface area contributed by atoms with Gasteiger partial charge in [0.25, 0.3) is 5.22 Å². The standard InChI is InChI=1S/C17H17N3O3S/c1-20(11-14-8-5-9-22-14)16(21)12-24-17-19-18-15(23-17)10-13-6-3-2-4-7-13/h2-9H,10-12H2,1H3. The van der Waals surface area contributed by atoms with Crippen molar-refractivity contribution >= 4 is 17.7 Å². The topological polar surface area (TPSA) is 72.4 Å². The van der Waals surface area contributed by atoms with Gasteiger partial charge in [-0.2, -0.15) is 0 Å². The maximum atomic E-state index is 12.1. The number of benzene rings is 1. The molecule has 0 aliphatic heterocycles. The first-order chi connectivity index (χ1) is 11.7. The molecular weight excluding hydrogens is 326 g/mol. The zero-order chi connectivity index (χ0) is 16.8. The van der Waals surface area contributed by atoms with Crippen LogP contribution in [0.25, 0.3) is 0 Å². The molecule has 6 nitrogen and oxygen atoms in total. The lowest BCUT2D eigenvalue weighted by molar-refractivity contribution is -0.127.